The van der Waals surface area contributed by atoms with Crippen molar-refractivity contribution in [1.29, 1.82) is 0 Å². The van der Waals surface area contributed by atoms with E-state index >= 15 is 0 Å². The van der Waals surface area contributed by atoms with Gasteiger partial charge in [-0.15, -0.1) is 0 Å². The van der Waals surface area contributed by atoms with Gasteiger partial charge in [0.15, 0.2) is 0 Å². The summed E-state index contributed by atoms with van der Waals surface area (Å²) < 4.78 is 13.5. The van der Waals surface area contributed by atoms with E-state index in [4.69, 9.17) is 5.11 Å². The van der Waals surface area contributed by atoms with E-state index in [1.165, 1.54) is 6.07 Å². The van der Waals surface area contributed by atoms with Crippen molar-refractivity contribution in [3.8, 4) is 0 Å². The van der Waals surface area contributed by atoms with Crippen molar-refractivity contribution in [3.63, 3.8) is 0 Å². The van der Waals surface area contributed by atoms with Gasteiger partial charge in [0.25, 0.3) is 0 Å². The van der Waals surface area contributed by atoms with Crippen LogP contribution in [0.4, 0.5) is 4.39 Å². The normalized spacial score (nSPS) is 17.5. The zero-order valence-corrected chi connectivity index (χ0v) is 9.77. The van der Waals surface area contributed by atoms with Gasteiger partial charge in [-0.05, 0) is 52.9 Å². The highest BCUT2D eigenvalue weighted by atomic mass is 79.9. The fraction of sp³-hybridized carbons (Fsp3) is 0.364. The van der Waals surface area contributed by atoms with Gasteiger partial charge in [-0.3, -0.25) is 4.79 Å². The van der Waals surface area contributed by atoms with Crippen LogP contribution in [0.1, 0.15) is 24.0 Å². The average Bonchev–Trinajstić information content (AvgIpc) is 2.95. The molecule has 1 aromatic carbocycles. The molecule has 1 saturated carbocycles. The van der Waals surface area contributed by atoms with Gasteiger partial charge < -0.3 is 5.11 Å². The van der Waals surface area contributed by atoms with Crippen LogP contribution in [-0.4, -0.2) is 11.1 Å². The molecule has 4 heteroatoms. The Bertz CT molecular complexity index is 438. The second kappa shape index (κ2) is 3.30. The Labute approximate surface area is 95.2 Å². The van der Waals surface area contributed by atoms with Gasteiger partial charge in [0.05, 0.1) is 9.89 Å². The fourth-order valence-corrected chi connectivity index (χ4v) is 2.24. The molecular weight excluding hydrogens is 263 g/mol. The molecule has 1 aromatic rings. The first kappa shape index (κ1) is 10.6. The number of aliphatic carboxylic acids is 1. The molecule has 2 nitrogen and oxygen atoms in total. The Kier molecular flexibility index (Phi) is 2.34. The van der Waals surface area contributed by atoms with Crippen LogP contribution in [0.5, 0.6) is 0 Å². The third-order valence-corrected chi connectivity index (χ3v) is 3.99. The number of rotatable bonds is 2. The lowest BCUT2D eigenvalue weighted by molar-refractivity contribution is -0.140. The molecule has 2 rings (SSSR count). The lowest BCUT2D eigenvalue weighted by atomic mass is 9.92. The molecule has 1 N–H and O–H groups in total. The van der Waals surface area contributed by atoms with Crippen LogP contribution < -0.4 is 0 Å². The lowest BCUT2D eigenvalue weighted by Gasteiger charge is -2.14. The standard InChI is InChI=1S/C11H10BrFO2/c1-6-7(2-3-8(13)9(6)12)11(4-5-11)10(14)15/h2-3H,4-5H2,1H3,(H,14,15). The molecule has 0 unspecified atom stereocenters. The Morgan fingerprint density at radius 1 is 1.53 bits per heavy atom. The summed E-state index contributed by atoms with van der Waals surface area (Å²) in [6.45, 7) is 1.74. The first-order chi connectivity index (χ1) is 6.99. The number of halogens is 2. The average molecular weight is 273 g/mol. The molecule has 0 amide bonds. The topological polar surface area (TPSA) is 37.3 Å². The molecule has 0 saturated heterocycles. The number of carboxylic acids is 1. The van der Waals surface area contributed by atoms with Gasteiger partial charge in [0, 0.05) is 0 Å². The lowest BCUT2D eigenvalue weighted by Crippen LogP contribution is -2.20. The maximum absolute atomic E-state index is 13.2. The summed E-state index contributed by atoms with van der Waals surface area (Å²) >= 11 is 3.13. The van der Waals surface area contributed by atoms with E-state index in [-0.39, 0.29) is 5.82 Å². The Morgan fingerprint density at radius 2 is 2.13 bits per heavy atom. The molecule has 1 aliphatic rings. The summed E-state index contributed by atoms with van der Waals surface area (Å²) in [4.78, 5) is 11.1. The number of carboxylic acid groups (broad SMARTS) is 1. The van der Waals surface area contributed by atoms with Gasteiger partial charge in [-0.1, -0.05) is 6.07 Å². The maximum Gasteiger partial charge on any atom is 0.314 e. The van der Waals surface area contributed by atoms with Crippen molar-refractivity contribution in [2.75, 3.05) is 0 Å². The third kappa shape index (κ3) is 1.47. The summed E-state index contributed by atoms with van der Waals surface area (Å²) in [5, 5.41) is 9.13. The number of benzene rings is 1. The highest BCUT2D eigenvalue weighted by Crippen LogP contribution is 2.50. The Balaban J connectivity index is 2.55. The maximum atomic E-state index is 13.2. The molecule has 0 heterocycles. The van der Waals surface area contributed by atoms with Crippen LogP contribution in [0.15, 0.2) is 16.6 Å². The van der Waals surface area contributed by atoms with Gasteiger partial charge in [0.1, 0.15) is 5.82 Å². The highest BCUT2D eigenvalue weighted by Gasteiger charge is 2.52. The molecule has 1 aliphatic carbocycles. The highest BCUT2D eigenvalue weighted by molar-refractivity contribution is 9.10. The van der Waals surface area contributed by atoms with Crippen molar-refractivity contribution in [2.24, 2.45) is 0 Å². The fourth-order valence-electron chi connectivity index (χ4n) is 1.89. The van der Waals surface area contributed by atoms with Gasteiger partial charge >= 0.3 is 5.97 Å². The predicted molar refractivity (Wildman–Crippen MR) is 57.4 cm³/mol. The van der Waals surface area contributed by atoms with Crippen molar-refractivity contribution in [1.82, 2.24) is 0 Å². The molecule has 0 atom stereocenters. The molecule has 0 bridgehead atoms. The van der Waals surface area contributed by atoms with E-state index in [1.807, 2.05) is 0 Å². The molecule has 0 aliphatic heterocycles. The van der Waals surface area contributed by atoms with E-state index in [2.05, 4.69) is 15.9 Å². The van der Waals surface area contributed by atoms with Gasteiger partial charge in [-0.2, -0.15) is 0 Å². The van der Waals surface area contributed by atoms with E-state index in [9.17, 15) is 9.18 Å². The minimum Gasteiger partial charge on any atom is -0.481 e. The van der Waals surface area contributed by atoms with Crippen LogP contribution in [0.2, 0.25) is 0 Å². The number of carbonyl (C=O) groups is 1. The SMILES string of the molecule is Cc1c(C2(C(=O)O)CC2)ccc(F)c1Br. The molecular formula is C11H10BrFO2. The summed E-state index contributed by atoms with van der Waals surface area (Å²) in [6, 6.07) is 2.89. The van der Waals surface area contributed by atoms with Crippen LogP contribution in [0, 0.1) is 12.7 Å². The molecule has 80 valence electrons. The first-order valence-corrected chi connectivity index (χ1v) is 5.47. The first-order valence-electron chi connectivity index (χ1n) is 4.67. The minimum absolute atomic E-state index is 0.350. The summed E-state index contributed by atoms with van der Waals surface area (Å²) in [7, 11) is 0. The number of hydrogen-bond donors (Lipinski definition) is 1. The summed E-state index contributed by atoms with van der Waals surface area (Å²) in [5.41, 5.74) is 0.651. The van der Waals surface area contributed by atoms with Crippen LogP contribution >= 0.6 is 15.9 Å². The van der Waals surface area contributed by atoms with Crippen LogP contribution in [-0.2, 0) is 10.2 Å². The Hall–Kier alpha value is -0.900. The van der Waals surface area contributed by atoms with Gasteiger partial charge in [-0.25, -0.2) is 4.39 Å². The van der Waals surface area contributed by atoms with E-state index < -0.39 is 11.4 Å². The third-order valence-electron chi connectivity index (χ3n) is 3.01. The molecule has 1 fully saturated rings. The predicted octanol–water partition coefficient (Wildman–Crippen LogP) is 3.01. The molecule has 0 radical (unpaired) electrons. The second-order valence-electron chi connectivity index (χ2n) is 3.92. The zero-order chi connectivity index (χ0) is 11.2. The van der Waals surface area contributed by atoms with E-state index in [1.54, 1.807) is 13.0 Å². The van der Waals surface area contributed by atoms with Crippen molar-refractivity contribution in [3.05, 3.63) is 33.5 Å². The van der Waals surface area contributed by atoms with Crippen LogP contribution in [0.25, 0.3) is 0 Å². The largest absolute Gasteiger partial charge is 0.481 e. The summed E-state index contributed by atoms with van der Waals surface area (Å²) in [5.74, 6) is -1.17. The minimum atomic E-state index is -0.816. The van der Waals surface area contributed by atoms with Crippen molar-refractivity contribution in [2.45, 2.75) is 25.2 Å². The van der Waals surface area contributed by atoms with Crippen molar-refractivity contribution >= 4 is 21.9 Å². The molecule has 15 heavy (non-hydrogen) atoms. The van der Waals surface area contributed by atoms with E-state index in [0.29, 0.717) is 22.9 Å². The summed E-state index contributed by atoms with van der Waals surface area (Å²) in [6.07, 6.45) is 1.28. The zero-order valence-electron chi connectivity index (χ0n) is 8.18. The molecule has 0 spiro atoms. The Morgan fingerprint density at radius 3 is 2.60 bits per heavy atom. The van der Waals surface area contributed by atoms with Crippen molar-refractivity contribution < 1.29 is 14.3 Å². The van der Waals surface area contributed by atoms with Gasteiger partial charge in [0.2, 0.25) is 0 Å². The smallest absolute Gasteiger partial charge is 0.314 e. The molecule has 0 aromatic heterocycles. The number of hydrogen-bond acceptors (Lipinski definition) is 1. The quantitative estimate of drug-likeness (QED) is 0.899. The van der Waals surface area contributed by atoms with E-state index in [0.717, 1.165) is 5.56 Å². The monoisotopic (exact) mass is 272 g/mol. The van der Waals surface area contributed by atoms with Crippen LogP contribution in [0.3, 0.4) is 0 Å². The second-order valence-corrected chi connectivity index (χ2v) is 4.71.